The van der Waals surface area contributed by atoms with Crippen molar-refractivity contribution in [2.24, 2.45) is 5.41 Å². The lowest BCUT2D eigenvalue weighted by molar-refractivity contribution is 0.147. The van der Waals surface area contributed by atoms with E-state index < -0.39 is 8.32 Å². The highest BCUT2D eigenvalue weighted by Crippen LogP contribution is 2.51. The average Bonchev–Trinajstić information content (AvgIpc) is 2.73. The van der Waals surface area contributed by atoms with E-state index in [1.807, 2.05) is 0 Å². The maximum atomic E-state index is 9.30. The molecule has 3 heteroatoms. The summed E-state index contributed by atoms with van der Waals surface area (Å²) in [4.78, 5) is 0. The van der Waals surface area contributed by atoms with Crippen molar-refractivity contribution in [3.05, 3.63) is 12.2 Å². The molecule has 1 aliphatic rings. The van der Waals surface area contributed by atoms with Gasteiger partial charge in [0.05, 0.1) is 6.61 Å². The van der Waals surface area contributed by atoms with Crippen LogP contribution in [0.4, 0.5) is 0 Å². The molecule has 1 fully saturated rings. The van der Waals surface area contributed by atoms with E-state index in [2.05, 4.69) is 40.4 Å². The van der Waals surface area contributed by atoms with Gasteiger partial charge < -0.3 is 9.53 Å². The average molecular weight is 228 g/mol. The Kier molecular flexibility index (Phi) is 3.21. The second-order valence-electron chi connectivity index (χ2n) is 6.27. The molecular weight excluding hydrogens is 204 g/mol. The van der Waals surface area contributed by atoms with Gasteiger partial charge in [0, 0.05) is 12.0 Å². The Balaban J connectivity index is 2.54. The number of hydrogen-bond donors (Lipinski definition) is 1. The Bertz CT molecular complexity index is 265. The molecule has 0 saturated heterocycles. The van der Waals surface area contributed by atoms with Gasteiger partial charge in [-0.1, -0.05) is 32.9 Å². The van der Waals surface area contributed by atoms with Gasteiger partial charge in [0.2, 0.25) is 0 Å². The van der Waals surface area contributed by atoms with Gasteiger partial charge in [-0.15, -0.1) is 0 Å². The summed E-state index contributed by atoms with van der Waals surface area (Å²) in [5.74, 6) is 0. The Morgan fingerprint density at radius 2 is 1.93 bits per heavy atom. The van der Waals surface area contributed by atoms with E-state index in [0.717, 1.165) is 12.0 Å². The van der Waals surface area contributed by atoms with Crippen molar-refractivity contribution in [3.63, 3.8) is 0 Å². The van der Waals surface area contributed by atoms with E-state index in [1.54, 1.807) is 0 Å². The molecule has 0 heterocycles. The SMILES string of the molecule is C=C1CC1(CO)CO[Si](C)(C)C(C)(C)C. The van der Waals surface area contributed by atoms with Gasteiger partial charge >= 0.3 is 0 Å². The third-order valence-corrected chi connectivity index (χ3v) is 8.47. The topological polar surface area (TPSA) is 29.5 Å². The summed E-state index contributed by atoms with van der Waals surface area (Å²) >= 11 is 0. The summed E-state index contributed by atoms with van der Waals surface area (Å²) in [6, 6.07) is 0. The lowest BCUT2D eigenvalue weighted by Crippen LogP contribution is -2.42. The first-order chi connectivity index (χ1) is 6.65. The quantitative estimate of drug-likeness (QED) is 0.592. The molecule has 0 spiro atoms. The minimum absolute atomic E-state index is 0.102. The number of rotatable bonds is 4. The molecular formula is C12H24O2Si. The van der Waals surface area contributed by atoms with Crippen molar-refractivity contribution < 1.29 is 9.53 Å². The highest BCUT2D eigenvalue weighted by Gasteiger charge is 2.49. The van der Waals surface area contributed by atoms with Gasteiger partial charge in [-0.3, -0.25) is 0 Å². The Morgan fingerprint density at radius 1 is 1.47 bits per heavy atom. The van der Waals surface area contributed by atoms with Crippen LogP contribution < -0.4 is 0 Å². The van der Waals surface area contributed by atoms with Crippen molar-refractivity contribution in [2.75, 3.05) is 13.2 Å². The third-order valence-electron chi connectivity index (χ3n) is 3.99. The summed E-state index contributed by atoms with van der Waals surface area (Å²) in [7, 11) is -1.67. The molecule has 88 valence electrons. The normalized spacial score (nSPS) is 26.9. The molecule has 0 radical (unpaired) electrons. The predicted molar refractivity (Wildman–Crippen MR) is 66.4 cm³/mol. The summed E-state index contributed by atoms with van der Waals surface area (Å²) < 4.78 is 6.10. The first-order valence-corrected chi connectivity index (χ1v) is 8.49. The van der Waals surface area contributed by atoms with Crippen molar-refractivity contribution in [3.8, 4) is 0 Å². The number of hydrogen-bond acceptors (Lipinski definition) is 2. The van der Waals surface area contributed by atoms with E-state index in [4.69, 9.17) is 4.43 Å². The molecule has 1 unspecified atom stereocenters. The zero-order chi connectivity index (χ0) is 11.9. The molecule has 0 bridgehead atoms. The number of aliphatic hydroxyl groups excluding tert-OH is 1. The largest absolute Gasteiger partial charge is 0.416 e. The molecule has 0 aromatic carbocycles. The van der Waals surface area contributed by atoms with Crippen LogP contribution in [0.2, 0.25) is 18.1 Å². The fourth-order valence-corrected chi connectivity index (χ4v) is 2.34. The molecule has 0 aromatic heterocycles. The van der Waals surface area contributed by atoms with Crippen LogP contribution >= 0.6 is 0 Å². The lowest BCUT2D eigenvalue weighted by atomic mass is 10.1. The minimum Gasteiger partial charge on any atom is -0.416 e. The maximum Gasteiger partial charge on any atom is 0.192 e. The predicted octanol–water partition coefficient (Wildman–Crippen LogP) is 2.95. The van der Waals surface area contributed by atoms with E-state index >= 15 is 0 Å². The first kappa shape index (κ1) is 12.9. The molecule has 2 nitrogen and oxygen atoms in total. The summed E-state index contributed by atoms with van der Waals surface area (Å²) in [6.45, 7) is 15.9. The fraction of sp³-hybridized carbons (Fsp3) is 0.833. The van der Waals surface area contributed by atoms with E-state index in [0.29, 0.717) is 6.61 Å². The van der Waals surface area contributed by atoms with E-state index in [-0.39, 0.29) is 17.1 Å². The van der Waals surface area contributed by atoms with Gasteiger partial charge in [0.15, 0.2) is 8.32 Å². The highest BCUT2D eigenvalue weighted by atomic mass is 28.4. The zero-order valence-corrected chi connectivity index (χ0v) is 11.7. The van der Waals surface area contributed by atoms with Crippen LogP contribution in [0.15, 0.2) is 12.2 Å². The van der Waals surface area contributed by atoms with Gasteiger partial charge in [0.1, 0.15) is 0 Å². The smallest absolute Gasteiger partial charge is 0.192 e. The highest BCUT2D eigenvalue weighted by molar-refractivity contribution is 6.74. The fourth-order valence-electron chi connectivity index (χ4n) is 1.27. The van der Waals surface area contributed by atoms with Crippen LogP contribution in [0.25, 0.3) is 0 Å². The standard InChI is InChI=1S/C12H24O2Si/c1-10-7-12(10,8-13)9-14-15(5,6)11(2,3)4/h13H,1,7-9H2,2-6H3. The lowest BCUT2D eigenvalue weighted by Gasteiger charge is -2.37. The van der Waals surface area contributed by atoms with E-state index in [9.17, 15) is 5.11 Å². The van der Waals surface area contributed by atoms with Crippen LogP contribution in [-0.2, 0) is 4.43 Å². The third kappa shape index (κ3) is 2.52. The summed E-state index contributed by atoms with van der Waals surface area (Å²) in [5, 5.41) is 9.54. The second kappa shape index (κ2) is 3.72. The van der Waals surface area contributed by atoms with E-state index in [1.165, 1.54) is 0 Å². The molecule has 1 rings (SSSR count). The van der Waals surface area contributed by atoms with Gasteiger partial charge in [-0.25, -0.2) is 0 Å². The molecule has 1 saturated carbocycles. The van der Waals surface area contributed by atoms with Crippen LogP contribution in [0, 0.1) is 5.41 Å². The van der Waals surface area contributed by atoms with Crippen LogP contribution in [0.5, 0.6) is 0 Å². The molecule has 0 aromatic rings. The van der Waals surface area contributed by atoms with Crippen molar-refractivity contribution >= 4 is 8.32 Å². The molecule has 1 N–H and O–H groups in total. The van der Waals surface area contributed by atoms with Crippen molar-refractivity contribution in [1.82, 2.24) is 0 Å². The zero-order valence-electron chi connectivity index (χ0n) is 10.7. The van der Waals surface area contributed by atoms with Gasteiger partial charge in [0.25, 0.3) is 0 Å². The van der Waals surface area contributed by atoms with Crippen LogP contribution in [-0.4, -0.2) is 26.6 Å². The minimum atomic E-state index is -1.67. The van der Waals surface area contributed by atoms with Crippen LogP contribution in [0.3, 0.4) is 0 Å². The number of aliphatic hydroxyl groups is 1. The Morgan fingerprint density at radius 3 is 2.20 bits per heavy atom. The Hall–Kier alpha value is -0.123. The molecule has 1 atom stereocenters. The molecule has 1 aliphatic carbocycles. The van der Waals surface area contributed by atoms with Crippen molar-refractivity contribution in [2.45, 2.75) is 45.3 Å². The van der Waals surface area contributed by atoms with Crippen LogP contribution in [0.1, 0.15) is 27.2 Å². The second-order valence-corrected chi connectivity index (χ2v) is 11.1. The molecule has 0 amide bonds. The molecule has 15 heavy (non-hydrogen) atoms. The van der Waals surface area contributed by atoms with Crippen molar-refractivity contribution in [1.29, 1.82) is 0 Å². The van der Waals surface area contributed by atoms with Gasteiger partial charge in [-0.2, -0.15) is 0 Å². The summed E-state index contributed by atoms with van der Waals surface area (Å²) in [5.41, 5.74) is 1.04. The van der Waals surface area contributed by atoms with Gasteiger partial charge in [-0.05, 0) is 24.6 Å². The maximum absolute atomic E-state index is 9.30. The summed E-state index contributed by atoms with van der Waals surface area (Å²) in [6.07, 6.45) is 0.929. The molecule has 0 aliphatic heterocycles. The first-order valence-electron chi connectivity index (χ1n) is 5.58. The Labute approximate surface area is 94.5 Å². The monoisotopic (exact) mass is 228 g/mol.